The molecule has 0 aliphatic rings. The normalized spacial score (nSPS) is 14.1. The molecule has 2 unspecified atom stereocenters. The van der Waals surface area contributed by atoms with E-state index in [1.165, 1.54) is 11.6 Å². The van der Waals surface area contributed by atoms with Crippen molar-refractivity contribution >= 4 is 28.3 Å². The van der Waals surface area contributed by atoms with E-state index in [1.807, 2.05) is 13.8 Å². The zero-order valence-electron chi connectivity index (χ0n) is 15.7. The molecule has 0 saturated heterocycles. The average Bonchev–Trinajstić information content (AvgIpc) is 2.70. The maximum absolute atomic E-state index is 12.6. The molecular formula is C15H30ClN5O3S. The van der Waals surface area contributed by atoms with Crippen LogP contribution in [0.1, 0.15) is 38.6 Å². The number of nitrogens with zero attached hydrogens (tertiary/aromatic N) is 2. The molecule has 1 aromatic heterocycles. The van der Waals surface area contributed by atoms with Gasteiger partial charge in [0.15, 0.2) is 0 Å². The summed E-state index contributed by atoms with van der Waals surface area (Å²) in [5, 5.41) is 6.90. The largest absolute Gasteiger partial charge is 0.351 e. The molecule has 25 heavy (non-hydrogen) atoms. The Labute approximate surface area is 156 Å². The summed E-state index contributed by atoms with van der Waals surface area (Å²) < 4.78 is 29.0. The van der Waals surface area contributed by atoms with Gasteiger partial charge in [0.05, 0.1) is 17.4 Å². The molecule has 10 heteroatoms. The summed E-state index contributed by atoms with van der Waals surface area (Å²) in [6, 6.07) is -1.08. The number of sulfonamides is 1. The van der Waals surface area contributed by atoms with Crippen LogP contribution in [0.3, 0.4) is 0 Å². The number of hydrogen-bond donors (Lipinski definition) is 3. The van der Waals surface area contributed by atoms with Gasteiger partial charge < -0.3 is 11.1 Å². The maximum Gasteiger partial charge on any atom is 0.244 e. The Bertz CT molecular complexity index is 688. The molecule has 1 heterocycles. The summed E-state index contributed by atoms with van der Waals surface area (Å²) in [5.41, 5.74) is 6.58. The number of nitrogens with one attached hydrogen (secondary N) is 2. The van der Waals surface area contributed by atoms with Crippen LogP contribution >= 0.6 is 12.4 Å². The molecular weight excluding hydrogens is 366 g/mol. The van der Waals surface area contributed by atoms with Crippen LogP contribution < -0.4 is 15.8 Å². The van der Waals surface area contributed by atoms with E-state index >= 15 is 0 Å². The first-order valence-corrected chi connectivity index (χ1v) is 9.50. The van der Waals surface area contributed by atoms with Crippen molar-refractivity contribution in [2.45, 2.75) is 58.0 Å². The van der Waals surface area contributed by atoms with Crippen LogP contribution in [0.2, 0.25) is 0 Å². The first-order chi connectivity index (χ1) is 11.0. The Kier molecular flexibility index (Phi) is 9.07. The van der Waals surface area contributed by atoms with Gasteiger partial charge in [-0.25, -0.2) is 8.42 Å². The zero-order chi connectivity index (χ0) is 18.7. The first kappa shape index (κ1) is 23.8. The highest BCUT2D eigenvalue weighted by Gasteiger charge is 2.28. The third-order valence-electron chi connectivity index (χ3n) is 3.82. The van der Waals surface area contributed by atoms with Crippen molar-refractivity contribution in [2.75, 3.05) is 6.54 Å². The minimum atomic E-state index is -3.84. The molecule has 2 atom stereocenters. The average molecular weight is 396 g/mol. The van der Waals surface area contributed by atoms with E-state index < -0.39 is 22.0 Å². The van der Waals surface area contributed by atoms with Gasteiger partial charge in [-0.15, -0.1) is 12.4 Å². The lowest BCUT2D eigenvalue weighted by molar-refractivity contribution is -0.123. The predicted octanol–water partition coefficient (Wildman–Crippen LogP) is 0.615. The molecule has 8 nitrogen and oxygen atoms in total. The second-order valence-electron chi connectivity index (χ2n) is 6.54. The van der Waals surface area contributed by atoms with Crippen molar-refractivity contribution in [1.29, 1.82) is 0 Å². The fourth-order valence-electron chi connectivity index (χ4n) is 2.60. The molecule has 4 N–H and O–H groups in total. The molecule has 1 aromatic rings. The molecule has 0 aromatic carbocycles. The Morgan fingerprint density at radius 2 is 1.84 bits per heavy atom. The Balaban J connectivity index is 0.00000576. The third kappa shape index (κ3) is 6.25. The van der Waals surface area contributed by atoms with Crippen LogP contribution in [-0.2, 0) is 21.9 Å². The van der Waals surface area contributed by atoms with Crippen LogP contribution in [0, 0.1) is 19.8 Å². The van der Waals surface area contributed by atoms with Crippen molar-refractivity contribution in [2.24, 2.45) is 18.7 Å². The van der Waals surface area contributed by atoms with Gasteiger partial charge in [-0.2, -0.15) is 9.82 Å². The summed E-state index contributed by atoms with van der Waals surface area (Å²) in [4.78, 5) is 12.4. The lowest BCUT2D eigenvalue weighted by Crippen LogP contribution is -2.50. The quantitative estimate of drug-likeness (QED) is 0.596. The summed E-state index contributed by atoms with van der Waals surface area (Å²) >= 11 is 0. The van der Waals surface area contributed by atoms with Gasteiger partial charge in [0.1, 0.15) is 4.90 Å². The number of hydrogen-bond acceptors (Lipinski definition) is 5. The number of aryl methyl sites for hydroxylation is 2. The van der Waals surface area contributed by atoms with E-state index in [2.05, 4.69) is 15.1 Å². The number of aromatic nitrogens is 2. The number of nitrogens with two attached hydrogens (primary N) is 1. The standard InChI is InChI=1S/C15H29N5O3S.ClH/c1-9(2)7-13(8-16)17-15(21)11(4)19-24(22,23)14-10(3)18-20(6)12(14)5;/h9,11,13,19H,7-8,16H2,1-6H3,(H,17,21);1H. The Hall–Kier alpha value is -1.16. The molecule has 0 saturated carbocycles. The predicted molar refractivity (Wildman–Crippen MR) is 100 cm³/mol. The van der Waals surface area contributed by atoms with E-state index in [1.54, 1.807) is 20.9 Å². The maximum atomic E-state index is 12.6. The minimum Gasteiger partial charge on any atom is -0.351 e. The van der Waals surface area contributed by atoms with Gasteiger partial charge in [-0.05, 0) is 33.1 Å². The molecule has 0 spiro atoms. The number of halogens is 1. The molecule has 1 rings (SSSR count). The summed E-state index contributed by atoms with van der Waals surface area (Å²) in [7, 11) is -2.16. The van der Waals surface area contributed by atoms with Crippen LogP contribution in [-0.4, -0.2) is 42.7 Å². The number of carbonyl (C=O) groups excluding carboxylic acids is 1. The SMILES string of the molecule is Cc1nn(C)c(C)c1S(=O)(=O)NC(C)C(=O)NC(CN)CC(C)C.Cl. The number of carbonyl (C=O) groups is 1. The van der Waals surface area contributed by atoms with E-state index in [-0.39, 0.29) is 23.3 Å². The summed E-state index contributed by atoms with van der Waals surface area (Å²) in [5.74, 6) is -0.0135. The van der Waals surface area contributed by atoms with E-state index in [4.69, 9.17) is 5.73 Å². The minimum absolute atomic E-state index is 0. The van der Waals surface area contributed by atoms with Gasteiger partial charge >= 0.3 is 0 Å². The van der Waals surface area contributed by atoms with Crippen LogP contribution in [0.25, 0.3) is 0 Å². The first-order valence-electron chi connectivity index (χ1n) is 8.02. The Morgan fingerprint density at radius 1 is 1.28 bits per heavy atom. The molecule has 0 radical (unpaired) electrons. The fraction of sp³-hybridized carbons (Fsp3) is 0.733. The smallest absolute Gasteiger partial charge is 0.244 e. The highest BCUT2D eigenvalue weighted by atomic mass is 35.5. The van der Waals surface area contributed by atoms with E-state index in [9.17, 15) is 13.2 Å². The molecule has 0 bridgehead atoms. The van der Waals surface area contributed by atoms with E-state index in [0.29, 0.717) is 23.9 Å². The van der Waals surface area contributed by atoms with Gasteiger partial charge in [0, 0.05) is 19.6 Å². The third-order valence-corrected chi connectivity index (χ3v) is 5.62. The highest BCUT2D eigenvalue weighted by Crippen LogP contribution is 2.18. The van der Waals surface area contributed by atoms with Gasteiger partial charge in [-0.3, -0.25) is 9.48 Å². The van der Waals surface area contributed by atoms with Gasteiger partial charge in [0.25, 0.3) is 0 Å². The molecule has 0 fully saturated rings. The van der Waals surface area contributed by atoms with Crippen molar-refractivity contribution in [1.82, 2.24) is 19.8 Å². The van der Waals surface area contributed by atoms with Crippen molar-refractivity contribution in [3.05, 3.63) is 11.4 Å². The van der Waals surface area contributed by atoms with E-state index in [0.717, 1.165) is 6.42 Å². The monoisotopic (exact) mass is 395 g/mol. The second-order valence-corrected chi connectivity index (χ2v) is 8.19. The number of amides is 1. The lowest BCUT2D eigenvalue weighted by atomic mass is 10.0. The van der Waals surface area contributed by atoms with Crippen LogP contribution in [0.15, 0.2) is 4.90 Å². The molecule has 146 valence electrons. The summed E-state index contributed by atoms with van der Waals surface area (Å²) in [6.07, 6.45) is 0.739. The van der Waals surface area contributed by atoms with Crippen LogP contribution in [0.4, 0.5) is 0 Å². The second kappa shape index (κ2) is 9.51. The molecule has 0 aliphatic carbocycles. The zero-order valence-corrected chi connectivity index (χ0v) is 17.3. The fourth-order valence-corrected chi connectivity index (χ4v) is 4.24. The highest BCUT2D eigenvalue weighted by molar-refractivity contribution is 7.89. The molecule has 0 aliphatic heterocycles. The molecule has 1 amide bonds. The van der Waals surface area contributed by atoms with Crippen molar-refractivity contribution in [3.63, 3.8) is 0 Å². The topological polar surface area (TPSA) is 119 Å². The van der Waals surface area contributed by atoms with Gasteiger partial charge in [-0.1, -0.05) is 13.8 Å². The number of rotatable bonds is 8. The van der Waals surface area contributed by atoms with Gasteiger partial charge in [0.2, 0.25) is 15.9 Å². The van der Waals surface area contributed by atoms with Crippen molar-refractivity contribution in [3.8, 4) is 0 Å². The lowest BCUT2D eigenvalue weighted by Gasteiger charge is -2.21. The summed E-state index contributed by atoms with van der Waals surface area (Å²) in [6.45, 7) is 9.19. The Morgan fingerprint density at radius 3 is 2.24 bits per heavy atom. The van der Waals surface area contributed by atoms with Crippen LogP contribution in [0.5, 0.6) is 0 Å². The van der Waals surface area contributed by atoms with Crippen molar-refractivity contribution < 1.29 is 13.2 Å².